The van der Waals surface area contributed by atoms with Crippen LogP contribution in [0.3, 0.4) is 0 Å². The number of esters is 1. The van der Waals surface area contributed by atoms with Crippen LogP contribution in [0, 0.1) is 19.8 Å². The Balaban J connectivity index is 2.36. The number of carbonyl (C=O) groups is 3. The van der Waals surface area contributed by atoms with Gasteiger partial charge >= 0.3 is 5.97 Å². The summed E-state index contributed by atoms with van der Waals surface area (Å²) >= 11 is 0. The Morgan fingerprint density at radius 2 is 1.85 bits per heavy atom. The highest BCUT2D eigenvalue weighted by molar-refractivity contribution is 6.06. The summed E-state index contributed by atoms with van der Waals surface area (Å²) in [6.45, 7) is 10.0. The molecule has 1 saturated carbocycles. The fourth-order valence-electron chi connectivity index (χ4n) is 3.81. The van der Waals surface area contributed by atoms with Gasteiger partial charge < -0.3 is 14.2 Å². The van der Waals surface area contributed by atoms with Gasteiger partial charge in [-0.2, -0.15) is 0 Å². The third-order valence-corrected chi connectivity index (χ3v) is 5.69. The quantitative estimate of drug-likeness (QED) is 0.515. The zero-order chi connectivity index (χ0) is 20.3. The van der Waals surface area contributed by atoms with Crippen molar-refractivity contribution in [3.05, 3.63) is 22.5 Å². The molecule has 6 heteroatoms. The molecule has 1 fully saturated rings. The fraction of sp³-hybridized carbons (Fsp3) is 0.667. The zero-order valence-electron chi connectivity index (χ0n) is 17.4. The van der Waals surface area contributed by atoms with Crippen LogP contribution < -0.4 is 0 Å². The van der Waals surface area contributed by atoms with Crippen LogP contribution in [0.1, 0.15) is 78.6 Å². The summed E-state index contributed by atoms with van der Waals surface area (Å²) in [6.07, 6.45) is 3.71. The number of Topliss-reactive ketones (excluding diaryl/α,β-unsaturated/α-hetero) is 1. The van der Waals surface area contributed by atoms with Crippen LogP contribution in [0.4, 0.5) is 0 Å². The lowest BCUT2D eigenvalue weighted by Crippen LogP contribution is -2.47. The van der Waals surface area contributed by atoms with Crippen LogP contribution in [0.5, 0.6) is 0 Å². The van der Waals surface area contributed by atoms with E-state index in [0.717, 1.165) is 31.4 Å². The Morgan fingerprint density at radius 3 is 2.33 bits per heavy atom. The third kappa shape index (κ3) is 3.94. The van der Waals surface area contributed by atoms with Gasteiger partial charge in [-0.25, -0.2) is 4.79 Å². The Morgan fingerprint density at radius 1 is 1.22 bits per heavy atom. The van der Waals surface area contributed by atoms with Crippen molar-refractivity contribution < 1.29 is 19.1 Å². The SMILES string of the molecule is CCCN(C(=O)C1CCC1)C(C)C(=O)c1c(C)c(C(=O)OCC)n(C)c1C. The number of amides is 1. The number of carbonyl (C=O) groups excluding carboxylic acids is 3. The summed E-state index contributed by atoms with van der Waals surface area (Å²) < 4.78 is 6.85. The first-order chi connectivity index (χ1) is 12.8. The Labute approximate surface area is 161 Å². The van der Waals surface area contributed by atoms with E-state index in [9.17, 15) is 14.4 Å². The van der Waals surface area contributed by atoms with E-state index in [4.69, 9.17) is 4.74 Å². The molecule has 1 atom stereocenters. The highest BCUT2D eigenvalue weighted by Crippen LogP contribution is 2.30. The molecule has 0 aromatic carbocycles. The van der Waals surface area contributed by atoms with Crippen LogP contribution in [-0.2, 0) is 16.6 Å². The van der Waals surface area contributed by atoms with Crippen LogP contribution in [-0.4, -0.2) is 46.3 Å². The maximum Gasteiger partial charge on any atom is 0.355 e. The van der Waals surface area contributed by atoms with Gasteiger partial charge in [-0.3, -0.25) is 9.59 Å². The molecule has 1 aliphatic rings. The lowest BCUT2D eigenvalue weighted by molar-refractivity contribution is -0.139. The predicted octanol–water partition coefficient (Wildman–Crippen LogP) is 3.43. The van der Waals surface area contributed by atoms with Gasteiger partial charge in [-0.15, -0.1) is 0 Å². The smallest absolute Gasteiger partial charge is 0.355 e. The van der Waals surface area contributed by atoms with Gasteiger partial charge in [-0.05, 0) is 52.5 Å². The third-order valence-electron chi connectivity index (χ3n) is 5.69. The Hall–Kier alpha value is -2.11. The average molecular weight is 376 g/mol. The summed E-state index contributed by atoms with van der Waals surface area (Å²) in [5.41, 5.74) is 2.27. The predicted molar refractivity (Wildman–Crippen MR) is 104 cm³/mol. The summed E-state index contributed by atoms with van der Waals surface area (Å²) in [4.78, 5) is 40.2. The standard InChI is InChI=1S/C21H32N2O4/c1-7-12-23(20(25)16-10-9-11-16)15(5)19(24)17-13(3)18(21(26)27-8-2)22(6)14(17)4/h15-16H,7-12H2,1-6H3. The van der Waals surface area contributed by atoms with Crippen molar-refractivity contribution in [2.24, 2.45) is 13.0 Å². The topological polar surface area (TPSA) is 68.6 Å². The maximum absolute atomic E-state index is 13.3. The van der Waals surface area contributed by atoms with Gasteiger partial charge in [0.05, 0.1) is 12.6 Å². The van der Waals surface area contributed by atoms with E-state index < -0.39 is 12.0 Å². The minimum absolute atomic E-state index is 0.0554. The van der Waals surface area contributed by atoms with Crippen LogP contribution in [0.15, 0.2) is 0 Å². The van der Waals surface area contributed by atoms with Crippen LogP contribution in [0.25, 0.3) is 0 Å². The van der Waals surface area contributed by atoms with E-state index in [1.807, 2.05) is 13.8 Å². The van der Waals surface area contributed by atoms with Gasteiger partial charge in [-0.1, -0.05) is 13.3 Å². The fourth-order valence-corrected chi connectivity index (χ4v) is 3.81. The first-order valence-corrected chi connectivity index (χ1v) is 9.93. The van der Waals surface area contributed by atoms with E-state index in [-0.39, 0.29) is 24.2 Å². The number of nitrogens with zero attached hydrogens (tertiary/aromatic N) is 2. The summed E-state index contributed by atoms with van der Waals surface area (Å²) in [7, 11) is 1.76. The van der Waals surface area contributed by atoms with E-state index in [1.165, 1.54) is 0 Å². The lowest BCUT2D eigenvalue weighted by atomic mass is 9.83. The van der Waals surface area contributed by atoms with Gasteiger partial charge in [0.15, 0.2) is 5.78 Å². The van der Waals surface area contributed by atoms with Gasteiger partial charge in [0.25, 0.3) is 0 Å². The van der Waals surface area contributed by atoms with E-state index in [0.29, 0.717) is 23.4 Å². The molecular weight excluding hydrogens is 344 g/mol. The number of aromatic nitrogens is 1. The van der Waals surface area contributed by atoms with Crippen molar-refractivity contribution in [2.75, 3.05) is 13.2 Å². The van der Waals surface area contributed by atoms with Crippen molar-refractivity contribution in [3.8, 4) is 0 Å². The second-order valence-electron chi connectivity index (χ2n) is 7.41. The molecular formula is C21H32N2O4. The summed E-state index contributed by atoms with van der Waals surface area (Å²) in [5, 5.41) is 0. The number of ketones is 1. The molecule has 6 nitrogen and oxygen atoms in total. The van der Waals surface area contributed by atoms with E-state index in [1.54, 1.807) is 37.3 Å². The second kappa shape index (κ2) is 8.72. The van der Waals surface area contributed by atoms with E-state index >= 15 is 0 Å². The van der Waals surface area contributed by atoms with Crippen molar-refractivity contribution in [3.63, 3.8) is 0 Å². The molecule has 1 aromatic rings. The minimum Gasteiger partial charge on any atom is -0.461 e. The molecule has 1 aromatic heterocycles. The van der Waals surface area contributed by atoms with Crippen molar-refractivity contribution in [1.29, 1.82) is 0 Å². The molecule has 0 bridgehead atoms. The van der Waals surface area contributed by atoms with E-state index in [2.05, 4.69) is 0 Å². The number of ether oxygens (including phenoxy) is 1. The van der Waals surface area contributed by atoms with Gasteiger partial charge in [0.1, 0.15) is 5.69 Å². The maximum atomic E-state index is 13.3. The normalized spacial score (nSPS) is 15.2. The molecule has 1 amide bonds. The molecule has 0 spiro atoms. The van der Waals surface area contributed by atoms with Crippen molar-refractivity contribution >= 4 is 17.7 Å². The molecule has 150 valence electrons. The van der Waals surface area contributed by atoms with Crippen molar-refractivity contribution in [1.82, 2.24) is 9.47 Å². The molecule has 2 rings (SSSR count). The molecule has 0 saturated heterocycles. The zero-order valence-corrected chi connectivity index (χ0v) is 17.4. The first-order valence-electron chi connectivity index (χ1n) is 9.93. The summed E-state index contributed by atoms with van der Waals surface area (Å²) in [5.74, 6) is -0.402. The minimum atomic E-state index is -0.548. The molecule has 0 radical (unpaired) electrons. The average Bonchev–Trinajstić information content (AvgIpc) is 2.79. The Kier molecular flexibility index (Phi) is 6.84. The van der Waals surface area contributed by atoms with Crippen LogP contribution in [0.2, 0.25) is 0 Å². The van der Waals surface area contributed by atoms with Crippen LogP contribution >= 0.6 is 0 Å². The monoisotopic (exact) mass is 376 g/mol. The van der Waals surface area contributed by atoms with Gasteiger partial charge in [0.2, 0.25) is 5.91 Å². The van der Waals surface area contributed by atoms with Gasteiger partial charge in [0, 0.05) is 30.8 Å². The number of hydrogen-bond acceptors (Lipinski definition) is 4. The highest BCUT2D eigenvalue weighted by Gasteiger charge is 2.36. The molecule has 1 heterocycles. The molecule has 0 aliphatic heterocycles. The van der Waals surface area contributed by atoms with Crippen molar-refractivity contribution in [2.45, 2.75) is 66.3 Å². The molecule has 1 unspecified atom stereocenters. The summed E-state index contributed by atoms with van der Waals surface area (Å²) in [6, 6.07) is -0.548. The number of hydrogen-bond donors (Lipinski definition) is 0. The second-order valence-corrected chi connectivity index (χ2v) is 7.41. The lowest BCUT2D eigenvalue weighted by Gasteiger charge is -2.35. The number of rotatable bonds is 8. The Bertz CT molecular complexity index is 731. The molecule has 0 N–H and O–H groups in total. The highest BCUT2D eigenvalue weighted by atomic mass is 16.5. The molecule has 27 heavy (non-hydrogen) atoms. The largest absolute Gasteiger partial charge is 0.461 e. The molecule has 1 aliphatic carbocycles. The first kappa shape index (κ1) is 21.2.